The Balaban J connectivity index is 2.29. The Bertz CT molecular complexity index is 1240. The Morgan fingerprint density at radius 1 is 1.06 bits per heavy atom. The Kier molecular flexibility index (Phi) is 10.2. The van der Waals surface area contributed by atoms with Crippen molar-refractivity contribution in [2.24, 2.45) is 0 Å². The Morgan fingerprint density at radius 2 is 1.74 bits per heavy atom. The number of benzene rings is 2. The lowest BCUT2D eigenvalue weighted by atomic mass is 9.99. The molecule has 0 aliphatic heterocycles. The maximum Gasteiger partial charge on any atom is 0.253 e. The van der Waals surface area contributed by atoms with Gasteiger partial charge >= 0.3 is 0 Å². The molecule has 0 aliphatic rings. The quantitative estimate of drug-likeness (QED) is 0.311. The number of hydrazine groups is 1. The van der Waals surface area contributed by atoms with Crippen molar-refractivity contribution in [3.05, 3.63) is 76.7 Å². The van der Waals surface area contributed by atoms with Crippen LogP contribution in [0.2, 0.25) is 0 Å². The maximum absolute atomic E-state index is 13.3. The van der Waals surface area contributed by atoms with Crippen LogP contribution >= 0.6 is 11.6 Å². The molecule has 2 aromatic rings. The van der Waals surface area contributed by atoms with Gasteiger partial charge in [-0.05, 0) is 47.1 Å². The smallest absolute Gasteiger partial charge is 0.253 e. The summed E-state index contributed by atoms with van der Waals surface area (Å²) in [6.45, 7) is 11.1. The summed E-state index contributed by atoms with van der Waals surface area (Å²) >= 11 is 5.39. The van der Waals surface area contributed by atoms with Gasteiger partial charge in [0.25, 0.3) is 11.8 Å². The predicted octanol–water partition coefficient (Wildman–Crippen LogP) is 1.53. The lowest BCUT2D eigenvalue weighted by Gasteiger charge is -2.18. The van der Waals surface area contributed by atoms with Crippen LogP contribution in [0.3, 0.4) is 0 Å². The minimum atomic E-state index is -0.535. The summed E-state index contributed by atoms with van der Waals surface area (Å²) in [6.07, 6.45) is 1.92. The van der Waals surface area contributed by atoms with Crippen LogP contribution < -0.4 is 31.9 Å². The van der Waals surface area contributed by atoms with Crippen molar-refractivity contribution >= 4 is 53.1 Å². The van der Waals surface area contributed by atoms with E-state index in [1.807, 2.05) is 31.2 Å². The van der Waals surface area contributed by atoms with E-state index in [1.54, 1.807) is 24.3 Å². The number of rotatable bonds is 9. The van der Waals surface area contributed by atoms with Crippen LogP contribution in [0.15, 0.2) is 55.1 Å². The number of hydrogen-bond donors (Lipinski definition) is 4. The van der Waals surface area contributed by atoms with Gasteiger partial charge in [0.2, 0.25) is 11.8 Å². The summed E-state index contributed by atoms with van der Waals surface area (Å²) in [7, 11) is 0. The highest BCUT2D eigenvalue weighted by Gasteiger charge is 2.18. The summed E-state index contributed by atoms with van der Waals surface area (Å²) in [5, 5.41) is 7.32. The fourth-order valence-electron chi connectivity index (χ4n) is 3.44. The van der Waals surface area contributed by atoms with Crippen molar-refractivity contribution in [3.63, 3.8) is 0 Å². The first-order valence-electron chi connectivity index (χ1n) is 10.9. The molecule has 4 amide bonds. The van der Waals surface area contributed by atoms with E-state index in [9.17, 15) is 19.2 Å². The molecule has 9 heteroatoms. The van der Waals surface area contributed by atoms with Gasteiger partial charge in [-0.1, -0.05) is 49.6 Å². The molecule has 0 spiro atoms. The molecular formula is C26H29ClN4O4. The minimum absolute atomic E-state index is 0.0107. The number of amides is 4. The molecular weight excluding hydrogens is 468 g/mol. The Hall–Kier alpha value is -3.91. The minimum Gasteiger partial charge on any atom is -0.345 e. The fraction of sp³-hybridized carbons (Fsp3) is 0.231. The van der Waals surface area contributed by atoms with Crippen LogP contribution in [0.5, 0.6) is 0 Å². The molecule has 0 saturated heterocycles. The molecule has 184 valence electrons. The lowest BCUT2D eigenvalue weighted by molar-refractivity contribution is -0.127. The number of halogens is 1. The number of alkyl halides is 1. The molecule has 1 unspecified atom stereocenters. The SMILES string of the molecule is C=C/C(=c1/ccccc1=C)C(C)NC(=O)c1cc(NC(C)=O)ccc1CCC(=O)NNC(=O)CCl. The maximum atomic E-state index is 13.3. The third-order valence-electron chi connectivity index (χ3n) is 5.12. The predicted molar refractivity (Wildman–Crippen MR) is 138 cm³/mol. The molecule has 0 heterocycles. The third-order valence-corrected chi connectivity index (χ3v) is 5.36. The van der Waals surface area contributed by atoms with Crippen molar-refractivity contribution in [2.75, 3.05) is 11.2 Å². The number of hydrogen-bond acceptors (Lipinski definition) is 4. The monoisotopic (exact) mass is 496 g/mol. The van der Waals surface area contributed by atoms with Gasteiger partial charge in [-0.15, -0.1) is 11.6 Å². The summed E-state index contributed by atoms with van der Waals surface area (Å²) < 4.78 is 0. The first-order valence-corrected chi connectivity index (χ1v) is 11.4. The zero-order valence-electron chi connectivity index (χ0n) is 19.7. The molecule has 0 fully saturated rings. The molecule has 4 N–H and O–H groups in total. The molecule has 35 heavy (non-hydrogen) atoms. The van der Waals surface area contributed by atoms with Crippen LogP contribution in [0.1, 0.15) is 36.2 Å². The van der Waals surface area contributed by atoms with E-state index < -0.39 is 17.9 Å². The van der Waals surface area contributed by atoms with Gasteiger partial charge in [-0.3, -0.25) is 30.0 Å². The molecule has 0 aliphatic carbocycles. The molecule has 1 atom stereocenters. The zero-order chi connectivity index (χ0) is 26.0. The van der Waals surface area contributed by atoms with Gasteiger partial charge in [0.1, 0.15) is 5.88 Å². The van der Waals surface area contributed by atoms with Crippen molar-refractivity contribution in [2.45, 2.75) is 32.7 Å². The second-order valence-corrected chi connectivity index (χ2v) is 8.06. The van der Waals surface area contributed by atoms with E-state index in [-0.39, 0.29) is 30.5 Å². The summed E-state index contributed by atoms with van der Waals surface area (Å²) in [5.41, 5.74) is 6.62. The van der Waals surface area contributed by atoms with Gasteiger partial charge in [0.05, 0.1) is 6.04 Å². The van der Waals surface area contributed by atoms with Crippen LogP contribution in [0.4, 0.5) is 5.69 Å². The fourth-order valence-corrected chi connectivity index (χ4v) is 3.51. The van der Waals surface area contributed by atoms with Crippen molar-refractivity contribution < 1.29 is 19.2 Å². The van der Waals surface area contributed by atoms with Crippen molar-refractivity contribution in [1.29, 1.82) is 0 Å². The topological polar surface area (TPSA) is 116 Å². The Morgan fingerprint density at radius 3 is 2.37 bits per heavy atom. The average Bonchev–Trinajstić information content (AvgIpc) is 2.82. The van der Waals surface area contributed by atoms with E-state index in [0.29, 0.717) is 16.8 Å². The summed E-state index contributed by atoms with van der Waals surface area (Å²) in [4.78, 5) is 48.1. The van der Waals surface area contributed by atoms with Gasteiger partial charge in [0, 0.05) is 24.6 Å². The number of nitrogens with one attached hydrogen (secondary N) is 4. The van der Waals surface area contributed by atoms with Crippen LogP contribution in [0, 0.1) is 0 Å². The molecule has 0 saturated carbocycles. The Labute approximate surface area is 209 Å². The van der Waals surface area contributed by atoms with E-state index >= 15 is 0 Å². The van der Waals surface area contributed by atoms with Crippen LogP contribution in [0.25, 0.3) is 12.2 Å². The van der Waals surface area contributed by atoms with Crippen molar-refractivity contribution in [3.8, 4) is 0 Å². The van der Waals surface area contributed by atoms with E-state index in [4.69, 9.17) is 11.6 Å². The number of anilines is 1. The highest BCUT2D eigenvalue weighted by atomic mass is 35.5. The van der Waals surface area contributed by atoms with Crippen LogP contribution in [-0.4, -0.2) is 35.6 Å². The molecule has 0 bridgehead atoms. The zero-order valence-corrected chi connectivity index (χ0v) is 20.5. The van der Waals surface area contributed by atoms with E-state index in [1.165, 1.54) is 6.92 Å². The molecule has 0 aromatic heterocycles. The molecule has 8 nitrogen and oxygen atoms in total. The normalized spacial score (nSPS) is 12.1. The van der Waals surface area contributed by atoms with E-state index in [0.717, 1.165) is 16.0 Å². The first-order chi connectivity index (χ1) is 16.7. The molecule has 0 radical (unpaired) electrons. The van der Waals surface area contributed by atoms with Gasteiger partial charge in [-0.25, -0.2) is 0 Å². The highest BCUT2D eigenvalue weighted by Crippen LogP contribution is 2.19. The standard InChI is InChI=1S/C26H29ClN4O4/c1-5-21(22-9-7-6-8-16(22)2)17(3)28-26(35)23-14-20(29-18(4)32)12-10-19(23)11-13-24(33)30-31-25(34)15-27/h5-10,12,14,17H,1-2,11,13,15H2,3-4H3,(H,28,35)(H,29,32)(H,30,33)(H,31,34)/b22-21+. The number of carbonyl (C=O) groups excluding carboxylic acids is 4. The average molecular weight is 497 g/mol. The second-order valence-electron chi connectivity index (χ2n) is 7.79. The highest BCUT2D eigenvalue weighted by molar-refractivity contribution is 6.27. The van der Waals surface area contributed by atoms with Crippen molar-refractivity contribution in [1.82, 2.24) is 16.2 Å². The number of carbonyl (C=O) groups is 4. The molecule has 2 aromatic carbocycles. The van der Waals surface area contributed by atoms with Crippen LogP contribution in [-0.2, 0) is 20.8 Å². The first kappa shape index (κ1) is 27.3. The van der Waals surface area contributed by atoms with Gasteiger partial charge in [0.15, 0.2) is 0 Å². The van der Waals surface area contributed by atoms with E-state index in [2.05, 4.69) is 34.6 Å². The summed E-state index contributed by atoms with van der Waals surface area (Å²) in [5.74, 6) is -1.91. The number of aryl methyl sites for hydroxylation is 1. The van der Waals surface area contributed by atoms with Gasteiger partial charge in [-0.2, -0.15) is 0 Å². The third kappa shape index (κ3) is 8.12. The largest absolute Gasteiger partial charge is 0.345 e. The lowest BCUT2D eigenvalue weighted by Crippen LogP contribution is -2.42. The molecule has 2 rings (SSSR count). The summed E-state index contributed by atoms with van der Waals surface area (Å²) in [6, 6.07) is 12.1. The second kappa shape index (κ2) is 13.1. The van der Waals surface area contributed by atoms with Gasteiger partial charge < -0.3 is 10.6 Å².